The number of hydrogen-bond donors (Lipinski definition) is 1. The van der Waals surface area contributed by atoms with E-state index in [0.29, 0.717) is 0 Å². The number of nitrogens with one attached hydrogen (secondary N) is 1. The standard InChI is InChI=1S/C25H35N3O2/c1-19(27(5)18-20-6-8-21(9-7-20)25(2,3)4)24(29)26-22-10-12-23(13-11-22)28-14-16-30-17-15-28/h6-13,19H,14-18H2,1-5H3,(H,26,29)/t19-/m0/s1. The number of hydrogen-bond acceptors (Lipinski definition) is 4. The summed E-state index contributed by atoms with van der Waals surface area (Å²) in [5.41, 5.74) is 4.67. The molecular formula is C25H35N3O2. The summed E-state index contributed by atoms with van der Waals surface area (Å²) in [6.45, 7) is 12.7. The Morgan fingerprint density at radius 1 is 1.07 bits per heavy atom. The molecule has 30 heavy (non-hydrogen) atoms. The van der Waals surface area contributed by atoms with Gasteiger partial charge >= 0.3 is 0 Å². The van der Waals surface area contributed by atoms with Crippen LogP contribution in [0.15, 0.2) is 48.5 Å². The minimum Gasteiger partial charge on any atom is -0.378 e. The maximum Gasteiger partial charge on any atom is 0.241 e. The molecule has 0 bridgehead atoms. The highest BCUT2D eigenvalue weighted by atomic mass is 16.5. The molecular weight excluding hydrogens is 374 g/mol. The molecule has 1 aliphatic heterocycles. The van der Waals surface area contributed by atoms with Gasteiger partial charge in [0, 0.05) is 31.0 Å². The lowest BCUT2D eigenvalue weighted by Crippen LogP contribution is -2.39. The lowest BCUT2D eigenvalue weighted by atomic mass is 9.87. The normalized spacial score (nSPS) is 15.9. The molecule has 1 atom stereocenters. The molecule has 1 saturated heterocycles. The number of carbonyl (C=O) groups excluding carboxylic acids is 1. The van der Waals surface area contributed by atoms with Crippen molar-refractivity contribution in [3.63, 3.8) is 0 Å². The molecule has 1 heterocycles. The average Bonchev–Trinajstić information content (AvgIpc) is 2.74. The highest BCUT2D eigenvalue weighted by Crippen LogP contribution is 2.23. The third kappa shape index (κ3) is 5.83. The predicted molar refractivity (Wildman–Crippen MR) is 124 cm³/mol. The maximum atomic E-state index is 12.7. The van der Waals surface area contributed by atoms with E-state index in [1.165, 1.54) is 16.8 Å². The largest absolute Gasteiger partial charge is 0.378 e. The molecule has 5 heteroatoms. The summed E-state index contributed by atoms with van der Waals surface area (Å²) >= 11 is 0. The van der Waals surface area contributed by atoms with Crippen molar-refractivity contribution in [3.05, 3.63) is 59.7 Å². The van der Waals surface area contributed by atoms with Crippen molar-refractivity contribution in [2.24, 2.45) is 0 Å². The quantitative estimate of drug-likeness (QED) is 0.773. The van der Waals surface area contributed by atoms with Crippen molar-refractivity contribution in [3.8, 4) is 0 Å². The molecule has 0 spiro atoms. The van der Waals surface area contributed by atoms with Gasteiger partial charge in [0.25, 0.3) is 0 Å². The Morgan fingerprint density at radius 3 is 2.23 bits per heavy atom. The fourth-order valence-corrected chi connectivity index (χ4v) is 3.56. The number of rotatable bonds is 6. The van der Waals surface area contributed by atoms with Gasteiger partial charge in [-0.05, 0) is 54.8 Å². The summed E-state index contributed by atoms with van der Waals surface area (Å²) in [5.74, 6) is 0.00272. The summed E-state index contributed by atoms with van der Waals surface area (Å²) in [6, 6.07) is 16.5. The van der Waals surface area contributed by atoms with Crippen LogP contribution in [-0.4, -0.2) is 50.2 Å². The SMILES string of the molecule is C[C@@H](C(=O)Nc1ccc(N2CCOCC2)cc1)N(C)Cc1ccc(C(C)(C)C)cc1. The minimum atomic E-state index is -0.230. The maximum absolute atomic E-state index is 12.7. The summed E-state index contributed by atoms with van der Waals surface area (Å²) in [7, 11) is 1.99. The molecule has 3 rings (SSSR count). The summed E-state index contributed by atoms with van der Waals surface area (Å²) in [5, 5.41) is 3.04. The summed E-state index contributed by atoms with van der Waals surface area (Å²) < 4.78 is 5.41. The molecule has 1 N–H and O–H groups in total. The number of amides is 1. The van der Waals surface area contributed by atoms with Crippen molar-refractivity contribution in [1.29, 1.82) is 0 Å². The van der Waals surface area contributed by atoms with Crippen LogP contribution < -0.4 is 10.2 Å². The molecule has 0 unspecified atom stereocenters. The third-order valence-electron chi connectivity index (χ3n) is 5.80. The molecule has 1 amide bonds. The molecule has 0 aromatic heterocycles. The lowest BCUT2D eigenvalue weighted by molar-refractivity contribution is -0.120. The number of ether oxygens (including phenoxy) is 1. The zero-order chi connectivity index (χ0) is 21.7. The van der Waals surface area contributed by atoms with Gasteiger partial charge in [0.15, 0.2) is 0 Å². The third-order valence-corrected chi connectivity index (χ3v) is 5.80. The second-order valence-electron chi connectivity index (χ2n) is 9.17. The van der Waals surface area contributed by atoms with E-state index in [2.05, 4.69) is 72.3 Å². The van der Waals surface area contributed by atoms with Crippen LogP contribution >= 0.6 is 0 Å². The first-order valence-electron chi connectivity index (χ1n) is 10.8. The first-order valence-corrected chi connectivity index (χ1v) is 10.8. The number of benzene rings is 2. The topological polar surface area (TPSA) is 44.8 Å². The van der Waals surface area contributed by atoms with Crippen LogP contribution in [0.1, 0.15) is 38.8 Å². The van der Waals surface area contributed by atoms with E-state index in [-0.39, 0.29) is 17.4 Å². The van der Waals surface area contributed by atoms with Gasteiger partial charge < -0.3 is 15.0 Å². The number of anilines is 2. The Morgan fingerprint density at radius 2 is 1.67 bits per heavy atom. The van der Waals surface area contributed by atoms with Crippen molar-refractivity contribution in [1.82, 2.24) is 4.90 Å². The van der Waals surface area contributed by atoms with Crippen LogP contribution in [-0.2, 0) is 21.5 Å². The molecule has 1 fully saturated rings. The summed E-state index contributed by atoms with van der Waals surface area (Å²) in [4.78, 5) is 17.1. The van der Waals surface area contributed by atoms with Gasteiger partial charge in [0.1, 0.15) is 0 Å². The highest BCUT2D eigenvalue weighted by Gasteiger charge is 2.19. The highest BCUT2D eigenvalue weighted by molar-refractivity contribution is 5.94. The average molecular weight is 410 g/mol. The molecule has 1 aliphatic rings. The molecule has 5 nitrogen and oxygen atoms in total. The number of morpholine rings is 1. The molecule has 0 saturated carbocycles. The van der Waals surface area contributed by atoms with E-state index >= 15 is 0 Å². The van der Waals surface area contributed by atoms with Crippen LogP contribution in [0.4, 0.5) is 11.4 Å². The predicted octanol–water partition coefficient (Wildman–Crippen LogP) is 4.28. The van der Waals surface area contributed by atoms with Gasteiger partial charge in [0.05, 0.1) is 19.3 Å². The molecule has 0 aliphatic carbocycles. The molecule has 2 aromatic rings. The van der Waals surface area contributed by atoms with E-state index in [4.69, 9.17) is 4.74 Å². The monoisotopic (exact) mass is 409 g/mol. The zero-order valence-electron chi connectivity index (χ0n) is 18.9. The smallest absolute Gasteiger partial charge is 0.241 e. The van der Waals surface area contributed by atoms with Gasteiger partial charge in [0.2, 0.25) is 5.91 Å². The Balaban J connectivity index is 1.54. The van der Waals surface area contributed by atoms with E-state index in [9.17, 15) is 4.79 Å². The molecule has 0 radical (unpaired) electrons. The molecule has 162 valence electrons. The summed E-state index contributed by atoms with van der Waals surface area (Å²) in [6.07, 6.45) is 0. The number of nitrogens with zero attached hydrogens (tertiary/aromatic N) is 2. The van der Waals surface area contributed by atoms with Crippen molar-refractivity contribution in [2.75, 3.05) is 43.6 Å². The second kappa shape index (κ2) is 9.63. The Labute approximate surface area is 181 Å². The Hall–Kier alpha value is -2.37. The fraction of sp³-hybridized carbons (Fsp3) is 0.480. The second-order valence-corrected chi connectivity index (χ2v) is 9.17. The van der Waals surface area contributed by atoms with Gasteiger partial charge in [-0.25, -0.2) is 0 Å². The Bertz CT molecular complexity index is 819. The minimum absolute atomic E-state index is 0.00272. The first kappa shape index (κ1) is 22.3. The van der Waals surface area contributed by atoms with Crippen LogP contribution in [0.5, 0.6) is 0 Å². The van der Waals surface area contributed by atoms with Crippen molar-refractivity contribution >= 4 is 17.3 Å². The van der Waals surface area contributed by atoms with Crippen molar-refractivity contribution in [2.45, 2.75) is 45.7 Å². The van der Waals surface area contributed by atoms with Crippen LogP contribution in [0.25, 0.3) is 0 Å². The van der Waals surface area contributed by atoms with E-state index < -0.39 is 0 Å². The lowest BCUT2D eigenvalue weighted by Gasteiger charge is -2.29. The van der Waals surface area contributed by atoms with E-state index in [0.717, 1.165) is 38.5 Å². The number of carbonyl (C=O) groups is 1. The van der Waals surface area contributed by atoms with Gasteiger partial charge in [-0.15, -0.1) is 0 Å². The van der Waals surface area contributed by atoms with Crippen LogP contribution in [0.2, 0.25) is 0 Å². The number of likely N-dealkylation sites (N-methyl/N-ethyl adjacent to an activating group) is 1. The van der Waals surface area contributed by atoms with Gasteiger partial charge in [-0.1, -0.05) is 45.0 Å². The van der Waals surface area contributed by atoms with E-state index in [1.54, 1.807) is 0 Å². The van der Waals surface area contributed by atoms with Gasteiger partial charge in [-0.3, -0.25) is 9.69 Å². The van der Waals surface area contributed by atoms with Gasteiger partial charge in [-0.2, -0.15) is 0 Å². The Kier molecular flexibility index (Phi) is 7.16. The van der Waals surface area contributed by atoms with Crippen LogP contribution in [0.3, 0.4) is 0 Å². The van der Waals surface area contributed by atoms with Crippen LogP contribution in [0, 0.1) is 0 Å². The molecule has 2 aromatic carbocycles. The fourth-order valence-electron chi connectivity index (χ4n) is 3.56. The first-order chi connectivity index (χ1) is 14.2. The van der Waals surface area contributed by atoms with Crippen molar-refractivity contribution < 1.29 is 9.53 Å². The van der Waals surface area contributed by atoms with E-state index in [1.807, 2.05) is 26.1 Å². The zero-order valence-corrected chi connectivity index (χ0v) is 18.9.